The molecule has 5 heteroatoms. The van der Waals surface area contributed by atoms with E-state index in [0.717, 1.165) is 12.8 Å². The van der Waals surface area contributed by atoms with Gasteiger partial charge >= 0.3 is 0 Å². The van der Waals surface area contributed by atoms with E-state index < -0.39 is 5.91 Å². The molecule has 1 amide bonds. The first-order chi connectivity index (χ1) is 7.56. The number of hydrogen-bond acceptors (Lipinski definition) is 4. The van der Waals surface area contributed by atoms with Crippen molar-refractivity contribution in [2.24, 2.45) is 5.73 Å². The highest BCUT2D eigenvalue weighted by Crippen LogP contribution is 2.39. The van der Waals surface area contributed by atoms with E-state index in [1.54, 1.807) is 18.2 Å². The van der Waals surface area contributed by atoms with E-state index >= 15 is 0 Å². The van der Waals surface area contributed by atoms with Crippen molar-refractivity contribution in [3.63, 3.8) is 0 Å². The zero-order valence-corrected chi connectivity index (χ0v) is 8.86. The topological polar surface area (TPSA) is 101 Å². The third-order valence-corrected chi connectivity index (χ3v) is 2.89. The number of aliphatic hydroxyl groups is 1. The lowest BCUT2D eigenvalue weighted by atomic mass is 10.1. The molecular formula is C11H15N3O2. The summed E-state index contributed by atoms with van der Waals surface area (Å²) in [6, 6.07) is 4.84. The fourth-order valence-corrected chi connectivity index (χ4v) is 1.58. The van der Waals surface area contributed by atoms with E-state index in [2.05, 4.69) is 5.32 Å². The van der Waals surface area contributed by atoms with Crippen molar-refractivity contribution < 1.29 is 9.90 Å². The van der Waals surface area contributed by atoms with Crippen LogP contribution in [0.25, 0.3) is 0 Å². The van der Waals surface area contributed by atoms with Crippen LogP contribution in [-0.2, 0) is 0 Å². The molecule has 1 aliphatic carbocycles. The first-order valence-corrected chi connectivity index (χ1v) is 5.15. The number of nitrogens with two attached hydrogens (primary N) is 2. The number of aliphatic hydroxyl groups excluding tert-OH is 1. The van der Waals surface area contributed by atoms with Gasteiger partial charge in [0.15, 0.2) is 0 Å². The Morgan fingerprint density at radius 2 is 2.19 bits per heavy atom. The zero-order valence-electron chi connectivity index (χ0n) is 8.86. The number of nitrogen functional groups attached to an aromatic ring is 1. The molecule has 0 aromatic heterocycles. The molecule has 0 aliphatic heterocycles. The number of anilines is 2. The molecule has 0 radical (unpaired) electrons. The Bertz CT molecular complexity index is 427. The molecule has 0 unspecified atom stereocenters. The van der Waals surface area contributed by atoms with Gasteiger partial charge < -0.3 is 21.9 Å². The molecular weight excluding hydrogens is 206 g/mol. The summed E-state index contributed by atoms with van der Waals surface area (Å²) in [5.74, 6) is -0.489. The number of rotatable bonds is 4. The van der Waals surface area contributed by atoms with E-state index in [4.69, 9.17) is 11.5 Å². The maximum absolute atomic E-state index is 11.0. The van der Waals surface area contributed by atoms with Gasteiger partial charge in [-0.2, -0.15) is 0 Å². The predicted molar refractivity (Wildman–Crippen MR) is 62.0 cm³/mol. The molecule has 1 aromatic rings. The van der Waals surface area contributed by atoms with Crippen molar-refractivity contribution in [1.82, 2.24) is 0 Å². The molecule has 1 aliphatic rings. The molecule has 0 spiro atoms. The number of carbonyl (C=O) groups is 1. The van der Waals surface area contributed by atoms with Crippen molar-refractivity contribution in [2.75, 3.05) is 17.7 Å². The van der Waals surface area contributed by atoms with Crippen LogP contribution in [0.5, 0.6) is 0 Å². The molecule has 5 nitrogen and oxygen atoms in total. The third kappa shape index (κ3) is 1.94. The molecule has 1 fully saturated rings. The lowest BCUT2D eigenvalue weighted by molar-refractivity contribution is 0.100. The molecule has 0 atom stereocenters. The van der Waals surface area contributed by atoms with Crippen molar-refractivity contribution in [2.45, 2.75) is 18.4 Å². The maximum Gasteiger partial charge on any atom is 0.248 e. The molecule has 0 bridgehead atoms. The SMILES string of the molecule is NC(=O)c1ccc(N)c(NC2(CO)CC2)c1. The van der Waals surface area contributed by atoms with Crippen molar-refractivity contribution in [3.05, 3.63) is 23.8 Å². The number of benzene rings is 1. The average molecular weight is 221 g/mol. The predicted octanol–water partition coefficient (Wildman–Crippen LogP) is 0.304. The minimum atomic E-state index is -0.489. The summed E-state index contributed by atoms with van der Waals surface area (Å²) < 4.78 is 0. The summed E-state index contributed by atoms with van der Waals surface area (Å²) in [5.41, 5.74) is 12.3. The van der Waals surface area contributed by atoms with Crippen LogP contribution in [-0.4, -0.2) is 23.2 Å². The number of hydrogen-bond donors (Lipinski definition) is 4. The Kier molecular flexibility index (Phi) is 2.47. The van der Waals surface area contributed by atoms with Crippen LogP contribution in [0.4, 0.5) is 11.4 Å². The molecule has 16 heavy (non-hydrogen) atoms. The Morgan fingerprint density at radius 3 is 2.69 bits per heavy atom. The number of carbonyl (C=O) groups excluding carboxylic acids is 1. The Balaban J connectivity index is 2.25. The normalized spacial score (nSPS) is 16.8. The fraction of sp³-hybridized carbons (Fsp3) is 0.364. The highest BCUT2D eigenvalue weighted by atomic mass is 16.3. The van der Waals surface area contributed by atoms with Gasteiger partial charge in [-0.25, -0.2) is 0 Å². The van der Waals surface area contributed by atoms with Crippen LogP contribution >= 0.6 is 0 Å². The van der Waals surface area contributed by atoms with E-state index in [0.29, 0.717) is 16.9 Å². The van der Waals surface area contributed by atoms with Gasteiger partial charge in [-0.3, -0.25) is 4.79 Å². The van der Waals surface area contributed by atoms with Gasteiger partial charge in [0, 0.05) is 5.56 Å². The van der Waals surface area contributed by atoms with Gasteiger partial charge in [0.05, 0.1) is 23.5 Å². The van der Waals surface area contributed by atoms with Crippen molar-refractivity contribution in [3.8, 4) is 0 Å². The number of nitrogens with one attached hydrogen (secondary N) is 1. The van der Waals surface area contributed by atoms with Crippen LogP contribution in [0.1, 0.15) is 23.2 Å². The third-order valence-electron chi connectivity index (χ3n) is 2.89. The lowest BCUT2D eigenvalue weighted by Crippen LogP contribution is -2.26. The van der Waals surface area contributed by atoms with Crippen LogP contribution in [0, 0.1) is 0 Å². The Morgan fingerprint density at radius 1 is 1.50 bits per heavy atom. The van der Waals surface area contributed by atoms with Crippen LogP contribution < -0.4 is 16.8 Å². The largest absolute Gasteiger partial charge is 0.397 e. The second-order valence-corrected chi connectivity index (χ2v) is 4.23. The van der Waals surface area contributed by atoms with Crippen LogP contribution in [0.2, 0.25) is 0 Å². The van der Waals surface area contributed by atoms with Crippen LogP contribution in [0.3, 0.4) is 0 Å². The van der Waals surface area contributed by atoms with Gasteiger partial charge in [-0.15, -0.1) is 0 Å². The quantitative estimate of drug-likeness (QED) is 0.549. The summed E-state index contributed by atoms with van der Waals surface area (Å²) >= 11 is 0. The molecule has 6 N–H and O–H groups in total. The number of primary amides is 1. The summed E-state index contributed by atoms with van der Waals surface area (Å²) in [7, 11) is 0. The molecule has 0 saturated heterocycles. The minimum Gasteiger partial charge on any atom is -0.397 e. The van der Waals surface area contributed by atoms with Crippen molar-refractivity contribution >= 4 is 17.3 Å². The Hall–Kier alpha value is -1.75. The second kappa shape index (κ2) is 3.68. The summed E-state index contributed by atoms with van der Waals surface area (Å²) in [5, 5.41) is 12.4. The summed E-state index contributed by atoms with van der Waals surface area (Å²) in [6.45, 7) is 0.0627. The number of amides is 1. The highest BCUT2D eigenvalue weighted by Gasteiger charge is 2.42. The average Bonchev–Trinajstić information content (AvgIpc) is 3.02. The lowest BCUT2D eigenvalue weighted by Gasteiger charge is -2.17. The zero-order chi connectivity index (χ0) is 11.8. The first kappa shape index (κ1) is 10.8. The van der Waals surface area contributed by atoms with Gasteiger partial charge in [0.1, 0.15) is 0 Å². The van der Waals surface area contributed by atoms with E-state index in [9.17, 15) is 9.90 Å². The van der Waals surface area contributed by atoms with Gasteiger partial charge in [-0.05, 0) is 31.0 Å². The highest BCUT2D eigenvalue weighted by molar-refractivity contribution is 5.95. The molecule has 1 saturated carbocycles. The maximum atomic E-state index is 11.0. The Labute approximate surface area is 93.4 Å². The molecule has 2 rings (SSSR count). The molecule has 0 heterocycles. The van der Waals surface area contributed by atoms with E-state index in [1.165, 1.54) is 0 Å². The van der Waals surface area contributed by atoms with Gasteiger partial charge in [0.2, 0.25) is 5.91 Å². The first-order valence-electron chi connectivity index (χ1n) is 5.15. The van der Waals surface area contributed by atoms with Gasteiger partial charge in [-0.1, -0.05) is 0 Å². The minimum absolute atomic E-state index is 0.0627. The fourth-order valence-electron chi connectivity index (χ4n) is 1.58. The summed E-state index contributed by atoms with van der Waals surface area (Å²) in [4.78, 5) is 11.0. The van der Waals surface area contributed by atoms with Crippen LogP contribution in [0.15, 0.2) is 18.2 Å². The monoisotopic (exact) mass is 221 g/mol. The van der Waals surface area contributed by atoms with E-state index in [1.807, 2.05) is 0 Å². The molecule has 1 aromatic carbocycles. The summed E-state index contributed by atoms with van der Waals surface area (Å²) in [6.07, 6.45) is 1.81. The standard InChI is InChI=1S/C11H15N3O2/c12-8-2-1-7(10(13)16)5-9(8)14-11(6-15)3-4-11/h1-2,5,14-15H,3-4,6,12H2,(H2,13,16). The van der Waals surface area contributed by atoms with Gasteiger partial charge in [0.25, 0.3) is 0 Å². The smallest absolute Gasteiger partial charge is 0.248 e. The second-order valence-electron chi connectivity index (χ2n) is 4.23. The molecule has 86 valence electrons. The van der Waals surface area contributed by atoms with Crippen molar-refractivity contribution in [1.29, 1.82) is 0 Å². The van der Waals surface area contributed by atoms with E-state index in [-0.39, 0.29) is 12.1 Å².